The van der Waals surface area contributed by atoms with Crippen LogP contribution in [0, 0.1) is 0 Å². The Labute approximate surface area is 109 Å². The van der Waals surface area contributed by atoms with Crippen LogP contribution in [0.15, 0.2) is 33.7 Å². The number of benzene rings is 1. The maximum Gasteiger partial charge on any atom is 0.303 e. The van der Waals surface area contributed by atoms with E-state index in [0.717, 1.165) is 0 Å². The first-order valence-electron chi connectivity index (χ1n) is 6.01. The molecule has 0 saturated heterocycles. The molecule has 0 atom stereocenters. The van der Waals surface area contributed by atoms with Gasteiger partial charge < -0.3 is 14.3 Å². The number of carbonyl (C=O) groups is 1. The Morgan fingerprint density at radius 1 is 1.42 bits per heavy atom. The van der Waals surface area contributed by atoms with Gasteiger partial charge in [-0.1, -0.05) is 0 Å². The Bertz CT molecular complexity index is 656. The van der Waals surface area contributed by atoms with Crippen LogP contribution in [-0.4, -0.2) is 17.7 Å². The van der Waals surface area contributed by atoms with Crippen LogP contribution in [0.3, 0.4) is 0 Å². The summed E-state index contributed by atoms with van der Waals surface area (Å²) in [6.07, 6.45) is 1.39. The molecule has 1 N–H and O–H groups in total. The minimum absolute atomic E-state index is 0.0958. The van der Waals surface area contributed by atoms with Gasteiger partial charge in [0.1, 0.15) is 11.3 Å². The molecule has 100 valence electrons. The maximum absolute atomic E-state index is 12.2. The van der Waals surface area contributed by atoms with Crippen molar-refractivity contribution in [2.75, 3.05) is 6.61 Å². The van der Waals surface area contributed by atoms with E-state index in [1.807, 2.05) is 6.92 Å². The Morgan fingerprint density at radius 2 is 2.21 bits per heavy atom. The molecular formula is C14H14O5. The highest BCUT2D eigenvalue weighted by atomic mass is 16.5. The molecular weight excluding hydrogens is 248 g/mol. The fraction of sp³-hybridized carbons (Fsp3) is 0.286. The quantitative estimate of drug-likeness (QED) is 0.893. The topological polar surface area (TPSA) is 76.7 Å². The predicted octanol–water partition coefficient (Wildman–Crippen LogP) is 2.21. The van der Waals surface area contributed by atoms with Crippen LogP contribution < -0.4 is 10.2 Å². The van der Waals surface area contributed by atoms with E-state index in [4.69, 9.17) is 14.3 Å². The summed E-state index contributed by atoms with van der Waals surface area (Å²) in [4.78, 5) is 22.7. The number of fused-ring (bicyclic) bond motifs is 1. The molecule has 0 bridgehead atoms. The summed E-state index contributed by atoms with van der Waals surface area (Å²) in [5.41, 5.74) is 0.625. The van der Waals surface area contributed by atoms with Crippen LogP contribution in [0.25, 0.3) is 11.0 Å². The first kappa shape index (κ1) is 13.1. The van der Waals surface area contributed by atoms with E-state index >= 15 is 0 Å². The van der Waals surface area contributed by atoms with E-state index < -0.39 is 5.97 Å². The summed E-state index contributed by atoms with van der Waals surface area (Å²) in [5.74, 6) is -0.347. The molecule has 2 rings (SSSR count). The molecule has 0 aliphatic carbocycles. The van der Waals surface area contributed by atoms with Gasteiger partial charge in [-0.15, -0.1) is 0 Å². The number of carboxylic acid groups (broad SMARTS) is 1. The molecule has 1 aromatic carbocycles. The molecule has 0 amide bonds. The molecule has 2 aromatic rings. The zero-order chi connectivity index (χ0) is 13.8. The van der Waals surface area contributed by atoms with E-state index in [9.17, 15) is 9.59 Å². The monoisotopic (exact) mass is 262 g/mol. The fourth-order valence-corrected chi connectivity index (χ4v) is 1.82. The summed E-state index contributed by atoms with van der Waals surface area (Å²) >= 11 is 0. The number of hydrogen-bond donors (Lipinski definition) is 1. The molecule has 1 aromatic heterocycles. The van der Waals surface area contributed by atoms with E-state index in [1.165, 1.54) is 6.26 Å². The molecule has 0 fully saturated rings. The standard InChI is InChI=1S/C14H14O5/c1-2-18-10-4-5-12-11(7-10)14(17)9(8-19-12)3-6-13(15)16/h4-5,7-8H,2-3,6H2,1H3,(H,15,16). The van der Waals surface area contributed by atoms with Crippen LogP contribution in [-0.2, 0) is 11.2 Å². The highest BCUT2D eigenvalue weighted by Gasteiger charge is 2.09. The Kier molecular flexibility index (Phi) is 3.85. The van der Waals surface area contributed by atoms with E-state index in [2.05, 4.69) is 0 Å². The van der Waals surface area contributed by atoms with Crippen molar-refractivity contribution < 1.29 is 19.1 Å². The van der Waals surface area contributed by atoms with Gasteiger partial charge in [0.05, 0.1) is 18.3 Å². The molecule has 0 radical (unpaired) electrons. The Hall–Kier alpha value is -2.30. The second kappa shape index (κ2) is 5.56. The van der Waals surface area contributed by atoms with Gasteiger partial charge in [0, 0.05) is 12.0 Å². The number of carboxylic acids is 1. The van der Waals surface area contributed by atoms with Crippen LogP contribution in [0.4, 0.5) is 0 Å². The van der Waals surface area contributed by atoms with Crippen LogP contribution in [0.2, 0.25) is 0 Å². The van der Waals surface area contributed by atoms with Gasteiger partial charge in [0.15, 0.2) is 5.43 Å². The number of ether oxygens (including phenoxy) is 1. The second-order valence-electron chi connectivity index (χ2n) is 4.07. The lowest BCUT2D eigenvalue weighted by Gasteiger charge is -2.05. The first-order chi connectivity index (χ1) is 9.11. The zero-order valence-electron chi connectivity index (χ0n) is 10.5. The molecule has 0 saturated carbocycles. The van der Waals surface area contributed by atoms with Gasteiger partial charge in [-0.25, -0.2) is 0 Å². The van der Waals surface area contributed by atoms with E-state index in [-0.39, 0.29) is 18.3 Å². The molecule has 5 heteroatoms. The van der Waals surface area contributed by atoms with Crippen LogP contribution in [0.5, 0.6) is 5.75 Å². The van der Waals surface area contributed by atoms with Gasteiger partial charge in [0.25, 0.3) is 0 Å². The molecule has 5 nitrogen and oxygen atoms in total. The molecule has 19 heavy (non-hydrogen) atoms. The smallest absolute Gasteiger partial charge is 0.303 e. The van der Waals surface area contributed by atoms with Crippen molar-refractivity contribution in [1.82, 2.24) is 0 Å². The molecule has 0 unspecified atom stereocenters. The van der Waals surface area contributed by atoms with Gasteiger partial charge in [-0.3, -0.25) is 9.59 Å². The SMILES string of the molecule is CCOc1ccc2occ(CCC(=O)O)c(=O)c2c1. The van der Waals surface area contributed by atoms with E-state index in [0.29, 0.717) is 28.9 Å². The average Bonchev–Trinajstić information content (AvgIpc) is 2.39. The summed E-state index contributed by atoms with van der Waals surface area (Å²) in [7, 11) is 0. The summed E-state index contributed by atoms with van der Waals surface area (Å²) in [6, 6.07) is 5.02. The third-order valence-electron chi connectivity index (χ3n) is 2.73. The minimum Gasteiger partial charge on any atom is -0.494 e. The third-order valence-corrected chi connectivity index (χ3v) is 2.73. The summed E-state index contributed by atoms with van der Waals surface area (Å²) in [6.45, 7) is 2.37. The van der Waals surface area contributed by atoms with Gasteiger partial charge >= 0.3 is 5.97 Å². The van der Waals surface area contributed by atoms with Crippen LogP contribution >= 0.6 is 0 Å². The van der Waals surface area contributed by atoms with Crippen molar-refractivity contribution in [3.63, 3.8) is 0 Å². The molecule has 0 aliphatic rings. The van der Waals surface area contributed by atoms with Crippen molar-refractivity contribution in [3.05, 3.63) is 40.2 Å². The highest BCUT2D eigenvalue weighted by molar-refractivity contribution is 5.78. The lowest BCUT2D eigenvalue weighted by atomic mass is 10.1. The first-order valence-corrected chi connectivity index (χ1v) is 6.01. The third kappa shape index (κ3) is 2.93. The Morgan fingerprint density at radius 3 is 2.89 bits per heavy atom. The van der Waals surface area contributed by atoms with Crippen molar-refractivity contribution in [1.29, 1.82) is 0 Å². The highest BCUT2D eigenvalue weighted by Crippen LogP contribution is 2.19. The minimum atomic E-state index is -0.942. The van der Waals surface area contributed by atoms with Crippen LogP contribution in [0.1, 0.15) is 18.9 Å². The number of aliphatic carboxylic acids is 1. The molecule has 0 spiro atoms. The maximum atomic E-state index is 12.2. The number of aryl methyl sites for hydroxylation is 1. The molecule has 0 aliphatic heterocycles. The van der Waals surface area contributed by atoms with Crippen molar-refractivity contribution in [3.8, 4) is 5.75 Å². The van der Waals surface area contributed by atoms with Crippen molar-refractivity contribution >= 4 is 16.9 Å². The lowest BCUT2D eigenvalue weighted by molar-refractivity contribution is -0.136. The normalized spacial score (nSPS) is 10.6. The number of rotatable bonds is 5. The largest absolute Gasteiger partial charge is 0.494 e. The predicted molar refractivity (Wildman–Crippen MR) is 69.6 cm³/mol. The zero-order valence-corrected chi connectivity index (χ0v) is 10.5. The lowest BCUT2D eigenvalue weighted by Crippen LogP contribution is -2.10. The fourth-order valence-electron chi connectivity index (χ4n) is 1.82. The van der Waals surface area contributed by atoms with E-state index in [1.54, 1.807) is 18.2 Å². The van der Waals surface area contributed by atoms with Crippen molar-refractivity contribution in [2.24, 2.45) is 0 Å². The number of hydrogen-bond acceptors (Lipinski definition) is 4. The van der Waals surface area contributed by atoms with Gasteiger partial charge in [0.2, 0.25) is 0 Å². The van der Waals surface area contributed by atoms with Gasteiger partial charge in [-0.2, -0.15) is 0 Å². The second-order valence-corrected chi connectivity index (χ2v) is 4.07. The summed E-state index contributed by atoms with van der Waals surface area (Å²) in [5, 5.41) is 9.05. The summed E-state index contributed by atoms with van der Waals surface area (Å²) < 4.78 is 10.7. The van der Waals surface area contributed by atoms with Gasteiger partial charge in [-0.05, 0) is 31.5 Å². The van der Waals surface area contributed by atoms with Crippen molar-refractivity contribution in [2.45, 2.75) is 19.8 Å². The molecule has 1 heterocycles. The Balaban J connectivity index is 2.43. The average molecular weight is 262 g/mol.